The Kier molecular flexibility index (Phi) is 7.87. The van der Waals surface area contributed by atoms with Gasteiger partial charge in [0.2, 0.25) is 0 Å². The number of hydrogen-bond donors (Lipinski definition) is 0. The second-order valence-electron chi connectivity index (χ2n) is 16.4. The van der Waals surface area contributed by atoms with Crippen LogP contribution >= 0.6 is 0 Å². The number of hydrogen-bond acceptors (Lipinski definition) is 4. The summed E-state index contributed by atoms with van der Waals surface area (Å²) >= 11 is 0. The Morgan fingerprint density at radius 3 is 1.40 bits per heavy atom. The van der Waals surface area contributed by atoms with Gasteiger partial charge in [0, 0.05) is 27.5 Å². The summed E-state index contributed by atoms with van der Waals surface area (Å²) in [7, 11) is 0. The van der Waals surface area contributed by atoms with Gasteiger partial charge in [0.1, 0.15) is 11.2 Å². The van der Waals surface area contributed by atoms with Crippen molar-refractivity contribution in [2.24, 2.45) is 0 Å². The molecule has 0 unspecified atom stereocenters. The van der Waals surface area contributed by atoms with Crippen LogP contribution in [0.5, 0.6) is 0 Å². The fourth-order valence-corrected chi connectivity index (χ4v) is 9.59. The molecule has 0 saturated heterocycles. The van der Waals surface area contributed by atoms with E-state index in [4.69, 9.17) is 19.4 Å². The third-order valence-electron chi connectivity index (χ3n) is 12.6. The maximum absolute atomic E-state index is 6.29. The highest BCUT2D eigenvalue weighted by atomic mass is 16.3. The van der Waals surface area contributed by atoms with Crippen molar-refractivity contribution in [3.8, 4) is 67.5 Å². The van der Waals surface area contributed by atoms with Crippen molar-refractivity contribution in [1.82, 2.24) is 15.0 Å². The molecule has 0 aliphatic carbocycles. The second-order valence-corrected chi connectivity index (χ2v) is 16.4. The van der Waals surface area contributed by atoms with Crippen LogP contribution in [0.25, 0.3) is 133 Å². The molecule has 0 amide bonds. The summed E-state index contributed by atoms with van der Waals surface area (Å²) in [6, 6.07) is 75.4. The predicted octanol–water partition coefficient (Wildman–Crippen LogP) is 15.8. The van der Waals surface area contributed by atoms with E-state index in [9.17, 15) is 0 Å². The summed E-state index contributed by atoms with van der Waals surface area (Å²) in [6.07, 6.45) is 0. The zero-order valence-electron chi connectivity index (χ0n) is 34.0. The van der Waals surface area contributed by atoms with E-state index in [0.29, 0.717) is 17.5 Å². The van der Waals surface area contributed by atoms with Crippen LogP contribution in [0.3, 0.4) is 0 Å². The molecule has 0 bridgehead atoms. The standard InChI is InChI=1S/C59H35N3O/c1-2-13-38-33-46(28-27-36(38)11-1)58-60-57(61-59(62-58)51-24-8-14-37-12-3-4-21-47(37)51)45-20-7-19-43(34-45)41-17-5-15-39(31-41)40-16-6-18-42(32-40)44-29-30-48-49-22-9-25-53-55(49)56-50(52(48)35-44)23-10-26-54(56)63-53/h1-35H. The molecule has 0 radical (unpaired) electrons. The Balaban J connectivity index is 0.886. The minimum absolute atomic E-state index is 0.628. The molecule has 4 nitrogen and oxygen atoms in total. The number of benzene rings is 11. The van der Waals surface area contributed by atoms with Gasteiger partial charge in [-0.15, -0.1) is 0 Å². The van der Waals surface area contributed by atoms with Gasteiger partial charge < -0.3 is 4.42 Å². The fraction of sp³-hybridized carbons (Fsp3) is 0. The first-order valence-electron chi connectivity index (χ1n) is 21.3. The zero-order chi connectivity index (χ0) is 41.4. The van der Waals surface area contributed by atoms with Gasteiger partial charge in [0.25, 0.3) is 0 Å². The molecule has 11 aromatic carbocycles. The Labute approximate surface area is 362 Å². The first kappa shape index (κ1) is 35.3. The van der Waals surface area contributed by atoms with Gasteiger partial charge in [-0.3, -0.25) is 0 Å². The molecule has 2 aromatic heterocycles. The van der Waals surface area contributed by atoms with E-state index in [1.54, 1.807) is 0 Å². The third kappa shape index (κ3) is 5.88. The maximum Gasteiger partial charge on any atom is 0.164 e. The molecule has 0 N–H and O–H groups in total. The van der Waals surface area contributed by atoms with Crippen LogP contribution in [0.2, 0.25) is 0 Å². The molecule has 292 valence electrons. The Morgan fingerprint density at radius 2 is 0.714 bits per heavy atom. The molecule has 13 rings (SSSR count). The fourth-order valence-electron chi connectivity index (χ4n) is 9.59. The molecular formula is C59H35N3O. The van der Waals surface area contributed by atoms with Crippen molar-refractivity contribution in [3.63, 3.8) is 0 Å². The molecule has 4 heteroatoms. The van der Waals surface area contributed by atoms with Crippen molar-refractivity contribution in [2.45, 2.75) is 0 Å². The normalized spacial score (nSPS) is 11.8. The van der Waals surface area contributed by atoms with Crippen LogP contribution in [-0.4, -0.2) is 15.0 Å². The van der Waals surface area contributed by atoms with Gasteiger partial charge in [-0.05, 0) is 119 Å². The molecule has 2 heterocycles. The number of fused-ring (bicyclic) bond motifs is 5. The quantitative estimate of drug-likeness (QED) is 0.157. The minimum Gasteiger partial charge on any atom is -0.456 e. The predicted molar refractivity (Wildman–Crippen MR) is 261 cm³/mol. The molecule has 0 aliphatic rings. The van der Waals surface area contributed by atoms with Gasteiger partial charge in [0.05, 0.1) is 0 Å². The van der Waals surface area contributed by atoms with E-state index in [0.717, 1.165) is 66.3 Å². The third-order valence-corrected chi connectivity index (χ3v) is 12.6. The Morgan fingerprint density at radius 1 is 0.254 bits per heavy atom. The van der Waals surface area contributed by atoms with Crippen molar-refractivity contribution < 1.29 is 4.42 Å². The van der Waals surface area contributed by atoms with E-state index >= 15 is 0 Å². The lowest BCUT2D eigenvalue weighted by Gasteiger charge is -2.12. The molecule has 0 fully saturated rings. The van der Waals surface area contributed by atoms with E-state index in [-0.39, 0.29) is 0 Å². The van der Waals surface area contributed by atoms with E-state index in [1.165, 1.54) is 48.8 Å². The average Bonchev–Trinajstić information content (AvgIpc) is 3.75. The lowest BCUT2D eigenvalue weighted by molar-refractivity contribution is 0.669. The number of rotatable bonds is 6. The van der Waals surface area contributed by atoms with E-state index < -0.39 is 0 Å². The van der Waals surface area contributed by atoms with E-state index in [1.807, 2.05) is 0 Å². The summed E-state index contributed by atoms with van der Waals surface area (Å²) in [4.78, 5) is 15.5. The Hall–Kier alpha value is -8.47. The topological polar surface area (TPSA) is 51.8 Å². The summed E-state index contributed by atoms with van der Waals surface area (Å²) in [5, 5.41) is 11.9. The smallest absolute Gasteiger partial charge is 0.164 e. The van der Waals surface area contributed by atoms with Crippen molar-refractivity contribution in [3.05, 3.63) is 212 Å². The summed E-state index contributed by atoms with van der Waals surface area (Å²) in [5.41, 5.74) is 11.6. The van der Waals surface area contributed by atoms with Gasteiger partial charge in [-0.25, -0.2) is 15.0 Å². The van der Waals surface area contributed by atoms with Crippen LogP contribution < -0.4 is 0 Å². The SMILES string of the molecule is c1cc(-c2cccc(-c3ccc4c(c3)c3cccc5oc6cccc4c6c53)c2)cc(-c2cccc(-c3nc(-c4ccc5ccccc5c4)nc(-c4cccc5ccccc45)n3)c2)c1. The highest BCUT2D eigenvalue weighted by molar-refractivity contribution is 6.33. The lowest BCUT2D eigenvalue weighted by Crippen LogP contribution is -2.00. The summed E-state index contributed by atoms with van der Waals surface area (Å²) in [6.45, 7) is 0. The van der Waals surface area contributed by atoms with Crippen molar-refractivity contribution >= 4 is 65.0 Å². The molecule has 13 aromatic rings. The largest absolute Gasteiger partial charge is 0.456 e. The first-order valence-corrected chi connectivity index (χ1v) is 21.3. The number of aromatic nitrogens is 3. The average molecular weight is 802 g/mol. The van der Waals surface area contributed by atoms with Crippen LogP contribution in [0.4, 0.5) is 0 Å². The summed E-state index contributed by atoms with van der Waals surface area (Å²) < 4.78 is 6.29. The molecule has 63 heavy (non-hydrogen) atoms. The highest BCUT2D eigenvalue weighted by Crippen LogP contribution is 2.43. The minimum atomic E-state index is 0.628. The van der Waals surface area contributed by atoms with Crippen molar-refractivity contribution in [1.29, 1.82) is 0 Å². The summed E-state index contributed by atoms with van der Waals surface area (Å²) in [5.74, 6) is 1.91. The zero-order valence-corrected chi connectivity index (χ0v) is 34.0. The molecule has 0 aliphatic heterocycles. The van der Waals surface area contributed by atoms with Crippen LogP contribution in [0, 0.1) is 0 Å². The first-order chi connectivity index (χ1) is 31.2. The van der Waals surface area contributed by atoms with Crippen molar-refractivity contribution in [2.75, 3.05) is 0 Å². The maximum atomic E-state index is 6.29. The monoisotopic (exact) mass is 801 g/mol. The number of nitrogens with zero attached hydrogens (tertiary/aromatic N) is 3. The van der Waals surface area contributed by atoms with Gasteiger partial charge in [0.15, 0.2) is 17.5 Å². The second kappa shape index (κ2) is 14.1. The van der Waals surface area contributed by atoms with Gasteiger partial charge in [-0.1, -0.05) is 170 Å². The molecular weight excluding hydrogens is 767 g/mol. The number of furan rings is 1. The van der Waals surface area contributed by atoms with Crippen LogP contribution in [0.15, 0.2) is 217 Å². The highest BCUT2D eigenvalue weighted by Gasteiger charge is 2.18. The van der Waals surface area contributed by atoms with E-state index in [2.05, 4.69) is 212 Å². The van der Waals surface area contributed by atoms with Crippen LogP contribution in [-0.2, 0) is 0 Å². The Bertz CT molecular complexity index is 3930. The molecule has 0 saturated carbocycles. The molecule has 0 spiro atoms. The lowest BCUT2D eigenvalue weighted by atomic mass is 9.91. The van der Waals surface area contributed by atoms with Gasteiger partial charge >= 0.3 is 0 Å². The molecule has 0 atom stereocenters. The van der Waals surface area contributed by atoms with Gasteiger partial charge in [-0.2, -0.15) is 0 Å². The van der Waals surface area contributed by atoms with Crippen LogP contribution in [0.1, 0.15) is 0 Å².